The fourth-order valence-electron chi connectivity index (χ4n) is 2.79. The number of carboxylic acids is 1. The minimum Gasteiger partial charge on any atom is -0.478 e. The number of rotatable bonds is 4. The predicted octanol–water partition coefficient (Wildman–Crippen LogP) is 4.52. The number of nitriles is 1. The number of aromatic nitrogens is 1. The molecule has 0 unspecified atom stereocenters. The van der Waals surface area contributed by atoms with Crippen LogP contribution < -0.4 is 5.32 Å². The maximum atomic E-state index is 14.4. The van der Waals surface area contributed by atoms with Crippen LogP contribution in [0.15, 0.2) is 52.3 Å². The summed E-state index contributed by atoms with van der Waals surface area (Å²) in [7, 11) is 0. The van der Waals surface area contributed by atoms with E-state index in [0.29, 0.717) is 11.1 Å². The van der Waals surface area contributed by atoms with Gasteiger partial charge in [0, 0.05) is 16.5 Å². The number of anilines is 1. The van der Waals surface area contributed by atoms with Crippen LogP contribution in [-0.4, -0.2) is 22.0 Å². The number of benzene rings is 2. The van der Waals surface area contributed by atoms with Crippen molar-refractivity contribution in [1.29, 1.82) is 5.26 Å². The molecule has 2 aromatic carbocycles. The third-order valence-corrected chi connectivity index (χ3v) is 5.00. The number of carbonyl (C=O) groups is 2. The monoisotopic (exact) mass is 407 g/mol. The lowest BCUT2D eigenvalue weighted by atomic mass is 10.0. The molecule has 0 aliphatic heterocycles. The van der Waals surface area contributed by atoms with Crippen LogP contribution in [0.3, 0.4) is 0 Å². The van der Waals surface area contributed by atoms with Crippen LogP contribution in [-0.2, 0) is 0 Å². The van der Waals surface area contributed by atoms with Gasteiger partial charge in [-0.15, -0.1) is 11.3 Å². The zero-order valence-electron chi connectivity index (χ0n) is 14.5. The SMILES string of the molecule is N#Cc1ccc(-c2csc(NC(=O)c3nc4ccccc4o3)c2C(=O)O)c(F)c1. The normalized spacial score (nSPS) is 10.6. The van der Waals surface area contributed by atoms with Gasteiger partial charge in [0.25, 0.3) is 5.89 Å². The molecule has 1 amide bonds. The van der Waals surface area contributed by atoms with Gasteiger partial charge in [0.2, 0.25) is 0 Å². The molecule has 2 N–H and O–H groups in total. The van der Waals surface area contributed by atoms with E-state index in [1.165, 1.54) is 17.5 Å². The summed E-state index contributed by atoms with van der Waals surface area (Å²) in [6, 6.07) is 12.4. The van der Waals surface area contributed by atoms with Crippen LogP contribution in [0.25, 0.3) is 22.2 Å². The molecule has 0 atom stereocenters. The summed E-state index contributed by atoms with van der Waals surface area (Å²) >= 11 is 0.934. The third-order valence-electron chi connectivity index (χ3n) is 4.11. The van der Waals surface area contributed by atoms with Gasteiger partial charge < -0.3 is 14.8 Å². The minimum absolute atomic E-state index is 0.0139. The first-order valence-electron chi connectivity index (χ1n) is 8.19. The van der Waals surface area contributed by atoms with Crippen molar-refractivity contribution in [1.82, 2.24) is 4.98 Å². The van der Waals surface area contributed by atoms with Crippen molar-refractivity contribution in [2.75, 3.05) is 5.32 Å². The van der Waals surface area contributed by atoms with E-state index < -0.39 is 17.7 Å². The molecule has 4 rings (SSSR count). The number of thiophene rings is 1. The van der Waals surface area contributed by atoms with Crippen molar-refractivity contribution in [3.8, 4) is 17.2 Å². The minimum atomic E-state index is -1.34. The molecule has 29 heavy (non-hydrogen) atoms. The summed E-state index contributed by atoms with van der Waals surface area (Å²) in [4.78, 5) is 28.4. The molecule has 0 bridgehead atoms. The number of nitrogens with zero attached hydrogens (tertiary/aromatic N) is 2. The fraction of sp³-hybridized carbons (Fsp3) is 0. The van der Waals surface area contributed by atoms with Gasteiger partial charge in [0.05, 0.1) is 11.6 Å². The second-order valence-electron chi connectivity index (χ2n) is 5.91. The van der Waals surface area contributed by atoms with E-state index in [-0.39, 0.29) is 33.1 Å². The largest absolute Gasteiger partial charge is 0.478 e. The quantitative estimate of drug-likeness (QED) is 0.514. The molecule has 7 nitrogen and oxygen atoms in total. The Morgan fingerprint density at radius 2 is 2.00 bits per heavy atom. The Bertz CT molecular complexity index is 1290. The summed E-state index contributed by atoms with van der Waals surface area (Å²) in [6.07, 6.45) is 0. The molecule has 0 saturated carbocycles. The van der Waals surface area contributed by atoms with Crippen LogP contribution >= 0.6 is 11.3 Å². The van der Waals surface area contributed by atoms with Gasteiger partial charge in [-0.3, -0.25) is 4.79 Å². The molecule has 0 spiro atoms. The highest BCUT2D eigenvalue weighted by Crippen LogP contribution is 2.37. The van der Waals surface area contributed by atoms with Gasteiger partial charge in [0.15, 0.2) is 5.58 Å². The lowest BCUT2D eigenvalue weighted by molar-refractivity contribution is 0.0699. The molecule has 2 aromatic heterocycles. The maximum absolute atomic E-state index is 14.4. The second-order valence-corrected chi connectivity index (χ2v) is 6.79. The number of para-hydroxylation sites is 2. The lowest BCUT2D eigenvalue weighted by Crippen LogP contribution is -2.14. The van der Waals surface area contributed by atoms with Crippen LogP contribution in [0.4, 0.5) is 9.39 Å². The number of nitrogens with one attached hydrogen (secondary N) is 1. The van der Waals surface area contributed by atoms with Crippen molar-refractivity contribution in [2.45, 2.75) is 0 Å². The highest BCUT2D eigenvalue weighted by Gasteiger charge is 2.24. The topological polar surface area (TPSA) is 116 Å². The number of amides is 1. The number of hydrogen-bond acceptors (Lipinski definition) is 6. The molecule has 0 fully saturated rings. The first kappa shape index (κ1) is 18.3. The van der Waals surface area contributed by atoms with E-state index in [0.717, 1.165) is 17.4 Å². The Hall–Kier alpha value is -4.03. The van der Waals surface area contributed by atoms with Crippen molar-refractivity contribution in [3.63, 3.8) is 0 Å². The Labute approximate surface area is 166 Å². The zero-order valence-corrected chi connectivity index (χ0v) is 15.3. The van der Waals surface area contributed by atoms with E-state index >= 15 is 0 Å². The Morgan fingerprint density at radius 1 is 1.21 bits per heavy atom. The molecule has 2 heterocycles. The number of fused-ring (bicyclic) bond motifs is 1. The van der Waals surface area contributed by atoms with Crippen molar-refractivity contribution < 1.29 is 23.5 Å². The Morgan fingerprint density at radius 3 is 2.69 bits per heavy atom. The Balaban J connectivity index is 1.71. The van der Waals surface area contributed by atoms with Gasteiger partial charge in [-0.1, -0.05) is 18.2 Å². The number of carboxylic acid groups (broad SMARTS) is 1. The summed E-state index contributed by atoms with van der Waals surface area (Å²) in [5.74, 6) is -3.02. The molecule has 0 radical (unpaired) electrons. The number of halogens is 1. The van der Waals surface area contributed by atoms with E-state index in [2.05, 4.69) is 10.3 Å². The van der Waals surface area contributed by atoms with Gasteiger partial charge in [-0.25, -0.2) is 14.2 Å². The van der Waals surface area contributed by atoms with Gasteiger partial charge in [-0.2, -0.15) is 5.26 Å². The summed E-state index contributed by atoms with van der Waals surface area (Å²) in [5, 5.41) is 22.4. The molecular formula is C20H10FN3O4S. The van der Waals surface area contributed by atoms with Crippen LogP contribution in [0, 0.1) is 17.1 Å². The number of hydrogen-bond donors (Lipinski definition) is 2. The summed E-state index contributed by atoms with van der Waals surface area (Å²) in [5.41, 5.74) is 0.869. The molecular weight excluding hydrogens is 397 g/mol. The highest BCUT2D eigenvalue weighted by molar-refractivity contribution is 7.15. The van der Waals surface area contributed by atoms with Crippen LogP contribution in [0.1, 0.15) is 26.6 Å². The zero-order chi connectivity index (χ0) is 20.5. The van der Waals surface area contributed by atoms with E-state index in [9.17, 15) is 19.1 Å². The van der Waals surface area contributed by atoms with Crippen LogP contribution in [0.2, 0.25) is 0 Å². The molecule has 0 saturated heterocycles. The van der Waals surface area contributed by atoms with E-state index in [4.69, 9.17) is 9.68 Å². The smallest absolute Gasteiger partial charge is 0.339 e. The maximum Gasteiger partial charge on any atom is 0.339 e. The number of oxazole rings is 1. The fourth-order valence-corrected chi connectivity index (χ4v) is 3.74. The molecule has 4 aromatic rings. The van der Waals surface area contributed by atoms with Crippen molar-refractivity contribution >= 4 is 39.3 Å². The van der Waals surface area contributed by atoms with E-state index in [1.807, 2.05) is 6.07 Å². The third kappa shape index (κ3) is 3.33. The molecule has 0 aliphatic carbocycles. The van der Waals surface area contributed by atoms with Crippen LogP contribution in [0.5, 0.6) is 0 Å². The van der Waals surface area contributed by atoms with E-state index in [1.54, 1.807) is 24.3 Å². The molecule has 142 valence electrons. The average molecular weight is 407 g/mol. The highest BCUT2D eigenvalue weighted by atomic mass is 32.1. The second kappa shape index (κ2) is 7.18. The van der Waals surface area contributed by atoms with Gasteiger partial charge in [-0.05, 0) is 24.3 Å². The first-order valence-corrected chi connectivity index (χ1v) is 9.07. The lowest BCUT2D eigenvalue weighted by Gasteiger charge is -2.06. The summed E-state index contributed by atoms with van der Waals surface area (Å²) in [6.45, 7) is 0. The standard InChI is InChI=1S/C20H10FN3O4S/c21-13-7-10(8-22)5-6-11(13)12-9-29-19(16(12)20(26)27)24-17(25)18-23-14-3-1-2-4-15(14)28-18/h1-7,9H,(H,24,25)(H,26,27). The van der Waals surface area contributed by atoms with Crippen molar-refractivity contribution in [3.05, 3.63) is 70.7 Å². The van der Waals surface area contributed by atoms with Gasteiger partial charge in [0.1, 0.15) is 21.9 Å². The van der Waals surface area contributed by atoms with Crippen molar-refractivity contribution in [2.24, 2.45) is 0 Å². The first-order chi connectivity index (χ1) is 14.0. The number of carbonyl (C=O) groups excluding carboxylic acids is 1. The molecule has 0 aliphatic rings. The summed E-state index contributed by atoms with van der Waals surface area (Å²) < 4.78 is 19.8. The average Bonchev–Trinajstić information content (AvgIpc) is 3.32. The molecule has 9 heteroatoms. The number of aromatic carboxylic acids is 1. The Kier molecular flexibility index (Phi) is 4.54. The predicted molar refractivity (Wildman–Crippen MR) is 103 cm³/mol. The van der Waals surface area contributed by atoms with Gasteiger partial charge >= 0.3 is 11.9 Å².